The van der Waals surface area contributed by atoms with Crippen LogP contribution >= 0.6 is 22.6 Å². The molecular formula is C23H25IOSi. The molecule has 0 fully saturated rings. The molecule has 0 aliphatic rings. The first-order valence-electron chi connectivity index (χ1n) is 9.11. The number of halogens is 1. The molecule has 0 aliphatic heterocycles. The summed E-state index contributed by atoms with van der Waals surface area (Å²) in [6.07, 6.45) is 1.23. The number of alkyl halides is 1. The molecule has 1 nitrogen and oxygen atoms in total. The van der Waals surface area contributed by atoms with Crippen LogP contribution in [0, 0.1) is 0 Å². The summed E-state index contributed by atoms with van der Waals surface area (Å²) in [5.41, 5.74) is 0. The van der Waals surface area contributed by atoms with E-state index < -0.39 is 8.32 Å². The average molecular weight is 472 g/mol. The van der Waals surface area contributed by atoms with E-state index in [4.69, 9.17) is 4.43 Å². The van der Waals surface area contributed by atoms with Gasteiger partial charge in [0, 0.05) is 10.0 Å². The highest BCUT2D eigenvalue weighted by Crippen LogP contribution is 2.17. The van der Waals surface area contributed by atoms with E-state index in [9.17, 15) is 0 Å². The van der Waals surface area contributed by atoms with Gasteiger partial charge in [0.1, 0.15) is 0 Å². The maximum absolute atomic E-state index is 7.04. The Balaban J connectivity index is 2.21. The molecule has 0 saturated heterocycles. The Morgan fingerprint density at radius 3 is 1.35 bits per heavy atom. The van der Waals surface area contributed by atoms with Gasteiger partial charge in [0.05, 0.1) is 0 Å². The van der Waals surface area contributed by atoms with Crippen molar-refractivity contribution in [3.63, 3.8) is 0 Å². The Bertz CT molecular complexity index is 694. The summed E-state index contributed by atoms with van der Waals surface area (Å²) >= 11 is 2.49. The first-order valence-corrected chi connectivity index (χ1v) is 12.3. The zero-order valence-electron chi connectivity index (χ0n) is 15.3. The van der Waals surface area contributed by atoms with Crippen molar-refractivity contribution in [3.05, 3.63) is 91.0 Å². The second-order valence-electron chi connectivity index (χ2n) is 6.72. The fraction of sp³-hybridized carbons (Fsp3) is 0.217. The molecule has 0 saturated carbocycles. The van der Waals surface area contributed by atoms with E-state index in [0.29, 0.717) is 3.92 Å². The molecule has 0 unspecified atom stereocenters. The van der Waals surface area contributed by atoms with Gasteiger partial charge in [0.2, 0.25) is 0 Å². The Morgan fingerprint density at radius 1 is 0.692 bits per heavy atom. The predicted molar refractivity (Wildman–Crippen MR) is 123 cm³/mol. The highest BCUT2D eigenvalue weighted by molar-refractivity contribution is 14.1. The lowest BCUT2D eigenvalue weighted by Gasteiger charge is -2.36. The minimum Gasteiger partial charge on any atom is -0.401 e. The molecule has 0 aromatic heterocycles. The van der Waals surface area contributed by atoms with E-state index in [-0.39, 0.29) is 6.10 Å². The zero-order chi connectivity index (χ0) is 18.4. The van der Waals surface area contributed by atoms with Crippen LogP contribution in [0.15, 0.2) is 91.0 Å². The lowest BCUT2D eigenvalue weighted by atomic mass is 10.2. The molecule has 3 aromatic rings. The highest BCUT2D eigenvalue weighted by Gasteiger charge is 2.43. The largest absolute Gasteiger partial charge is 0.401 e. The van der Waals surface area contributed by atoms with Crippen LogP contribution in [0.25, 0.3) is 0 Å². The number of rotatable bonds is 7. The molecule has 2 atom stereocenters. The second-order valence-corrected chi connectivity index (χ2v) is 12.2. The fourth-order valence-corrected chi connectivity index (χ4v) is 8.34. The quantitative estimate of drug-likeness (QED) is 0.216. The smallest absolute Gasteiger partial charge is 0.288 e. The summed E-state index contributed by atoms with van der Waals surface area (Å²) < 4.78 is 7.62. The van der Waals surface area contributed by atoms with Crippen LogP contribution in [-0.4, -0.2) is 18.3 Å². The summed E-state index contributed by atoms with van der Waals surface area (Å²) in [4.78, 5) is 0. The van der Waals surface area contributed by atoms with Crippen LogP contribution in [0.3, 0.4) is 0 Å². The van der Waals surface area contributed by atoms with Crippen molar-refractivity contribution < 1.29 is 4.43 Å². The summed E-state index contributed by atoms with van der Waals surface area (Å²) in [7, 11) is -2.56. The average Bonchev–Trinajstić information content (AvgIpc) is 2.67. The standard InChI is InChI=1S/C23H25IOSi/c1-19(24)18-20(2)25-26(21-12-6-3-7-13-21,22-14-8-4-9-15-22)23-16-10-5-11-17-23/h3-17,19-20H,18H2,1-2H3/t19-,20-/m1/s1. The summed E-state index contributed by atoms with van der Waals surface area (Å²) in [5.74, 6) is 0. The Morgan fingerprint density at radius 2 is 1.04 bits per heavy atom. The Labute approximate surface area is 171 Å². The van der Waals surface area contributed by atoms with E-state index in [1.807, 2.05) is 0 Å². The molecule has 0 N–H and O–H groups in total. The molecular weight excluding hydrogens is 447 g/mol. The van der Waals surface area contributed by atoms with E-state index >= 15 is 0 Å². The van der Waals surface area contributed by atoms with E-state index in [1.165, 1.54) is 15.6 Å². The topological polar surface area (TPSA) is 9.23 Å². The fourth-order valence-electron chi connectivity index (χ4n) is 3.53. The predicted octanol–water partition coefficient (Wildman–Crippen LogP) is 4.27. The molecule has 0 heterocycles. The first kappa shape index (κ1) is 19.3. The molecule has 26 heavy (non-hydrogen) atoms. The van der Waals surface area contributed by atoms with Crippen molar-refractivity contribution >= 4 is 46.5 Å². The molecule has 3 rings (SSSR count). The minimum atomic E-state index is -2.56. The zero-order valence-corrected chi connectivity index (χ0v) is 18.5. The minimum absolute atomic E-state index is 0.189. The summed E-state index contributed by atoms with van der Waals surface area (Å²) in [6, 6.07) is 32.3. The van der Waals surface area contributed by atoms with Crippen LogP contribution in [-0.2, 0) is 4.43 Å². The van der Waals surface area contributed by atoms with Crippen molar-refractivity contribution in [1.82, 2.24) is 0 Å². The monoisotopic (exact) mass is 472 g/mol. The number of hydrogen-bond acceptors (Lipinski definition) is 1. The highest BCUT2D eigenvalue weighted by atomic mass is 127. The third-order valence-corrected chi connectivity index (χ3v) is 9.28. The third-order valence-electron chi connectivity index (χ3n) is 4.58. The first-order chi connectivity index (χ1) is 12.6. The molecule has 3 heteroatoms. The maximum atomic E-state index is 7.04. The van der Waals surface area contributed by atoms with E-state index in [0.717, 1.165) is 6.42 Å². The van der Waals surface area contributed by atoms with Gasteiger partial charge in [-0.15, -0.1) is 0 Å². The van der Waals surface area contributed by atoms with Crippen molar-refractivity contribution in [2.24, 2.45) is 0 Å². The van der Waals surface area contributed by atoms with Crippen LogP contribution in [0.1, 0.15) is 20.3 Å². The van der Waals surface area contributed by atoms with Crippen LogP contribution in [0.4, 0.5) is 0 Å². The normalized spacial score (nSPS) is 14.0. The number of benzene rings is 3. The molecule has 0 radical (unpaired) electrons. The molecule has 0 aliphatic carbocycles. The van der Waals surface area contributed by atoms with Gasteiger partial charge >= 0.3 is 0 Å². The van der Waals surface area contributed by atoms with Crippen LogP contribution in [0.5, 0.6) is 0 Å². The van der Waals surface area contributed by atoms with Crippen molar-refractivity contribution in [1.29, 1.82) is 0 Å². The van der Waals surface area contributed by atoms with Crippen LogP contribution < -0.4 is 15.6 Å². The lowest BCUT2D eigenvalue weighted by molar-refractivity contribution is 0.214. The van der Waals surface area contributed by atoms with Crippen molar-refractivity contribution in [3.8, 4) is 0 Å². The lowest BCUT2D eigenvalue weighted by Crippen LogP contribution is -2.70. The molecule has 0 bridgehead atoms. The molecule has 134 valence electrons. The van der Waals surface area contributed by atoms with Gasteiger partial charge in [0.25, 0.3) is 8.32 Å². The van der Waals surface area contributed by atoms with Gasteiger partial charge < -0.3 is 4.43 Å². The van der Waals surface area contributed by atoms with Crippen molar-refractivity contribution in [2.75, 3.05) is 0 Å². The Kier molecular flexibility index (Phi) is 6.67. The third kappa shape index (κ3) is 4.27. The SMILES string of the molecule is C[C@H](C[C@@H](C)I)O[Si](c1ccccc1)(c1ccccc1)c1ccccc1. The van der Waals surface area contributed by atoms with Gasteiger partial charge in [-0.05, 0) is 28.9 Å². The Hall–Kier alpha value is -1.43. The van der Waals surface area contributed by atoms with E-state index in [2.05, 4.69) is 127 Å². The maximum Gasteiger partial charge on any atom is 0.288 e. The van der Waals surface area contributed by atoms with Gasteiger partial charge in [-0.2, -0.15) is 0 Å². The number of hydrogen-bond donors (Lipinski definition) is 0. The van der Waals surface area contributed by atoms with Gasteiger partial charge in [0.15, 0.2) is 0 Å². The second kappa shape index (κ2) is 8.98. The van der Waals surface area contributed by atoms with Gasteiger partial charge in [-0.3, -0.25) is 0 Å². The molecule has 3 aromatic carbocycles. The molecule has 0 spiro atoms. The van der Waals surface area contributed by atoms with Crippen molar-refractivity contribution in [2.45, 2.75) is 30.3 Å². The van der Waals surface area contributed by atoms with Gasteiger partial charge in [-0.25, -0.2) is 0 Å². The van der Waals surface area contributed by atoms with Crippen LogP contribution in [0.2, 0.25) is 0 Å². The summed E-state index contributed by atoms with van der Waals surface area (Å²) in [5, 5.41) is 3.89. The summed E-state index contributed by atoms with van der Waals surface area (Å²) in [6.45, 7) is 4.46. The molecule has 0 amide bonds. The van der Waals surface area contributed by atoms with E-state index in [1.54, 1.807) is 0 Å². The van der Waals surface area contributed by atoms with Gasteiger partial charge in [-0.1, -0.05) is 121 Å².